The molecule has 0 aliphatic carbocycles. The van der Waals surface area contributed by atoms with Crippen LogP contribution in [0.2, 0.25) is 0 Å². The Balaban J connectivity index is 2.09. The number of nitrogens with zero attached hydrogens (tertiary/aromatic N) is 4. The summed E-state index contributed by atoms with van der Waals surface area (Å²) in [5.41, 5.74) is 1.32. The van der Waals surface area contributed by atoms with Crippen LogP contribution in [0.3, 0.4) is 0 Å². The SMILES string of the molecule is CNc1snnc1Cn1cnc2ccc(Br)cc2c1=O. The van der Waals surface area contributed by atoms with Gasteiger partial charge in [-0.3, -0.25) is 9.36 Å². The highest BCUT2D eigenvalue weighted by atomic mass is 79.9. The molecule has 2 heterocycles. The zero-order chi connectivity index (χ0) is 14.1. The summed E-state index contributed by atoms with van der Waals surface area (Å²) in [5.74, 6) is 0. The fourth-order valence-corrected chi connectivity index (χ4v) is 2.79. The molecule has 3 rings (SSSR count). The van der Waals surface area contributed by atoms with Crippen molar-refractivity contribution in [2.45, 2.75) is 6.54 Å². The van der Waals surface area contributed by atoms with Gasteiger partial charge < -0.3 is 5.32 Å². The third-order valence-corrected chi connectivity index (χ3v) is 4.17. The molecular formula is C12H10BrN5OS. The van der Waals surface area contributed by atoms with E-state index in [1.165, 1.54) is 22.4 Å². The van der Waals surface area contributed by atoms with Crippen molar-refractivity contribution < 1.29 is 0 Å². The van der Waals surface area contributed by atoms with Gasteiger partial charge in [0.25, 0.3) is 5.56 Å². The zero-order valence-electron chi connectivity index (χ0n) is 10.5. The summed E-state index contributed by atoms with van der Waals surface area (Å²) in [6.45, 7) is 0.348. The Morgan fingerprint density at radius 3 is 3.10 bits per heavy atom. The van der Waals surface area contributed by atoms with Crippen LogP contribution in [0.4, 0.5) is 5.00 Å². The van der Waals surface area contributed by atoms with Gasteiger partial charge in [0.1, 0.15) is 10.7 Å². The van der Waals surface area contributed by atoms with Gasteiger partial charge in [-0.05, 0) is 18.2 Å². The van der Waals surface area contributed by atoms with Crippen molar-refractivity contribution in [1.29, 1.82) is 0 Å². The first-order valence-corrected chi connectivity index (χ1v) is 7.39. The lowest BCUT2D eigenvalue weighted by Crippen LogP contribution is -2.21. The van der Waals surface area contributed by atoms with Crippen molar-refractivity contribution in [3.63, 3.8) is 0 Å². The fourth-order valence-electron chi connectivity index (χ4n) is 1.91. The number of halogens is 1. The lowest BCUT2D eigenvalue weighted by atomic mass is 10.2. The summed E-state index contributed by atoms with van der Waals surface area (Å²) in [6.07, 6.45) is 1.54. The van der Waals surface area contributed by atoms with E-state index in [4.69, 9.17) is 0 Å². The standard InChI is InChI=1S/C12H10BrN5OS/c1-14-11-10(16-17-20-11)5-18-6-15-9-3-2-7(13)4-8(9)12(18)19/h2-4,6,14H,5H2,1H3. The smallest absolute Gasteiger partial charge is 0.261 e. The molecule has 6 nitrogen and oxygen atoms in total. The minimum absolute atomic E-state index is 0.0913. The van der Waals surface area contributed by atoms with E-state index < -0.39 is 0 Å². The van der Waals surface area contributed by atoms with E-state index in [2.05, 4.69) is 35.8 Å². The summed E-state index contributed by atoms with van der Waals surface area (Å²) in [4.78, 5) is 16.7. The molecule has 0 aliphatic heterocycles. The molecule has 0 saturated carbocycles. The van der Waals surface area contributed by atoms with Crippen LogP contribution in [0.5, 0.6) is 0 Å². The molecule has 0 unspecified atom stereocenters. The van der Waals surface area contributed by atoms with E-state index in [0.717, 1.165) is 15.2 Å². The zero-order valence-corrected chi connectivity index (χ0v) is 12.9. The number of benzene rings is 1. The molecule has 102 valence electrons. The second kappa shape index (κ2) is 5.29. The summed E-state index contributed by atoms with van der Waals surface area (Å²) < 4.78 is 6.27. The predicted octanol–water partition coefficient (Wildman–Crippen LogP) is 2.10. The molecule has 1 N–H and O–H groups in total. The average Bonchev–Trinajstić information content (AvgIpc) is 2.90. The quantitative estimate of drug-likeness (QED) is 0.782. The largest absolute Gasteiger partial charge is 0.377 e. The second-order valence-corrected chi connectivity index (χ2v) is 5.81. The van der Waals surface area contributed by atoms with Crippen LogP contribution in [-0.2, 0) is 6.54 Å². The highest BCUT2D eigenvalue weighted by Gasteiger charge is 2.10. The first-order chi connectivity index (χ1) is 9.69. The first-order valence-electron chi connectivity index (χ1n) is 5.82. The van der Waals surface area contributed by atoms with Crippen LogP contribution < -0.4 is 10.9 Å². The lowest BCUT2D eigenvalue weighted by Gasteiger charge is -2.06. The Morgan fingerprint density at radius 2 is 2.30 bits per heavy atom. The van der Waals surface area contributed by atoms with Crippen molar-refractivity contribution in [1.82, 2.24) is 19.1 Å². The molecule has 20 heavy (non-hydrogen) atoms. The molecule has 0 amide bonds. The van der Waals surface area contributed by atoms with Gasteiger partial charge in [-0.1, -0.05) is 20.4 Å². The van der Waals surface area contributed by atoms with Crippen molar-refractivity contribution >= 4 is 43.4 Å². The molecule has 0 aliphatic rings. The lowest BCUT2D eigenvalue weighted by molar-refractivity contribution is 0.727. The fraction of sp³-hybridized carbons (Fsp3) is 0.167. The van der Waals surface area contributed by atoms with Crippen molar-refractivity contribution in [2.24, 2.45) is 0 Å². The minimum atomic E-state index is -0.0913. The first kappa shape index (κ1) is 13.2. The third kappa shape index (κ3) is 2.32. The second-order valence-electron chi connectivity index (χ2n) is 4.14. The number of hydrogen-bond acceptors (Lipinski definition) is 6. The van der Waals surface area contributed by atoms with Gasteiger partial charge in [-0.15, -0.1) is 5.10 Å². The predicted molar refractivity (Wildman–Crippen MR) is 82.3 cm³/mol. The van der Waals surface area contributed by atoms with Crippen LogP contribution >= 0.6 is 27.5 Å². The normalized spacial score (nSPS) is 10.9. The van der Waals surface area contributed by atoms with Gasteiger partial charge in [0.15, 0.2) is 0 Å². The highest BCUT2D eigenvalue weighted by molar-refractivity contribution is 9.10. The number of hydrogen-bond donors (Lipinski definition) is 1. The molecule has 0 radical (unpaired) electrons. The number of fused-ring (bicyclic) bond motifs is 1. The molecule has 1 aromatic carbocycles. The van der Waals surface area contributed by atoms with Gasteiger partial charge in [0.05, 0.1) is 23.8 Å². The molecular weight excluding hydrogens is 342 g/mol. The molecule has 0 spiro atoms. The number of anilines is 1. The highest BCUT2D eigenvalue weighted by Crippen LogP contribution is 2.18. The van der Waals surface area contributed by atoms with Crippen LogP contribution in [0.1, 0.15) is 5.69 Å². The van der Waals surface area contributed by atoms with Crippen LogP contribution in [0.15, 0.2) is 33.8 Å². The Hall–Kier alpha value is -1.80. The molecule has 0 fully saturated rings. The van der Waals surface area contributed by atoms with Crippen molar-refractivity contribution in [2.75, 3.05) is 12.4 Å². The molecule has 0 atom stereocenters. The number of aromatic nitrogens is 4. The van der Waals surface area contributed by atoms with E-state index in [0.29, 0.717) is 17.4 Å². The maximum atomic E-state index is 12.4. The molecule has 2 aromatic heterocycles. The topological polar surface area (TPSA) is 72.7 Å². The Morgan fingerprint density at radius 1 is 1.45 bits per heavy atom. The van der Waals surface area contributed by atoms with Gasteiger partial charge in [0.2, 0.25) is 0 Å². The van der Waals surface area contributed by atoms with Crippen molar-refractivity contribution in [3.05, 3.63) is 45.0 Å². The van der Waals surface area contributed by atoms with Gasteiger partial charge in [-0.2, -0.15) is 0 Å². The number of nitrogens with one attached hydrogen (secondary N) is 1. The molecule has 3 aromatic rings. The Bertz CT molecular complexity index is 828. The summed E-state index contributed by atoms with van der Waals surface area (Å²) in [6, 6.07) is 5.45. The maximum absolute atomic E-state index is 12.4. The van der Waals surface area contributed by atoms with Gasteiger partial charge in [-0.25, -0.2) is 4.98 Å². The molecule has 0 saturated heterocycles. The maximum Gasteiger partial charge on any atom is 0.261 e. The van der Waals surface area contributed by atoms with E-state index >= 15 is 0 Å². The van der Waals surface area contributed by atoms with Crippen LogP contribution in [-0.4, -0.2) is 26.2 Å². The average molecular weight is 352 g/mol. The summed E-state index contributed by atoms with van der Waals surface area (Å²) >= 11 is 4.63. The van der Waals surface area contributed by atoms with Gasteiger partial charge in [0, 0.05) is 23.1 Å². The van der Waals surface area contributed by atoms with Gasteiger partial charge >= 0.3 is 0 Å². The number of rotatable bonds is 3. The van der Waals surface area contributed by atoms with E-state index in [1.54, 1.807) is 13.1 Å². The molecule has 8 heteroatoms. The van der Waals surface area contributed by atoms with Crippen LogP contribution in [0.25, 0.3) is 10.9 Å². The van der Waals surface area contributed by atoms with Crippen molar-refractivity contribution in [3.8, 4) is 0 Å². The summed E-state index contributed by atoms with van der Waals surface area (Å²) in [7, 11) is 1.80. The summed E-state index contributed by atoms with van der Waals surface area (Å²) in [5, 5.41) is 8.47. The molecule has 0 bridgehead atoms. The van der Waals surface area contributed by atoms with E-state index in [1.807, 2.05) is 12.1 Å². The third-order valence-electron chi connectivity index (χ3n) is 2.89. The Kier molecular flexibility index (Phi) is 3.49. The van der Waals surface area contributed by atoms with Crippen LogP contribution in [0, 0.1) is 0 Å². The minimum Gasteiger partial charge on any atom is -0.377 e. The Labute approximate surface area is 126 Å². The monoisotopic (exact) mass is 351 g/mol. The van der Waals surface area contributed by atoms with E-state index in [9.17, 15) is 4.79 Å². The van der Waals surface area contributed by atoms with E-state index in [-0.39, 0.29) is 5.56 Å².